The number of piperidine rings is 1. The molecule has 1 aromatic rings. The Morgan fingerprint density at radius 2 is 2.17 bits per heavy atom. The summed E-state index contributed by atoms with van der Waals surface area (Å²) in [4.78, 5) is 7.24. The van der Waals surface area contributed by atoms with Crippen LogP contribution in [0.15, 0.2) is 23.2 Å². The van der Waals surface area contributed by atoms with Crippen LogP contribution in [-0.4, -0.2) is 63.4 Å². The first-order valence-corrected chi connectivity index (χ1v) is 10.7. The quantitative estimate of drug-likeness (QED) is 0.331. The summed E-state index contributed by atoms with van der Waals surface area (Å²) in [6.45, 7) is 10.5. The maximum Gasteiger partial charge on any atom is 0.191 e. The monoisotopic (exact) mass is 516 g/mol. The second kappa shape index (κ2) is 12.6. The number of ether oxygens (including phenoxy) is 2. The van der Waals surface area contributed by atoms with Gasteiger partial charge in [0, 0.05) is 31.6 Å². The van der Waals surface area contributed by atoms with E-state index in [-0.39, 0.29) is 30.1 Å². The Morgan fingerprint density at radius 3 is 2.90 bits per heavy atom. The van der Waals surface area contributed by atoms with Gasteiger partial charge in [0.2, 0.25) is 0 Å². The molecule has 1 aromatic carbocycles. The number of nitrogens with one attached hydrogen (secondary N) is 2. The lowest BCUT2D eigenvalue weighted by Crippen LogP contribution is -2.43. The first-order valence-electron chi connectivity index (χ1n) is 10.7. The van der Waals surface area contributed by atoms with E-state index >= 15 is 0 Å². The predicted molar refractivity (Wildman–Crippen MR) is 129 cm³/mol. The highest BCUT2D eigenvalue weighted by molar-refractivity contribution is 14.0. The molecule has 6 nitrogen and oxygen atoms in total. The molecule has 0 amide bonds. The molecule has 0 aliphatic carbocycles. The number of hydrogen-bond donors (Lipinski definition) is 2. The third-order valence-corrected chi connectivity index (χ3v) is 5.44. The molecule has 3 rings (SSSR count). The summed E-state index contributed by atoms with van der Waals surface area (Å²) in [7, 11) is 2.21. The van der Waals surface area contributed by atoms with Crippen LogP contribution in [-0.2, 0) is 11.3 Å². The van der Waals surface area contributed by atoms with Crippen molar-refractivity contribution in [3.8, 4) is 5.75 Å². The zero-order chi connectivity index (χ0) is 19.8. The molecular formula is C22H37IN4O2. The summed E-state index contributed by atoms with van der Waals surface area (Å²) >= 11 is 0. The molecular weight excluding hydrogens is 479 g/mol. The van der Waals surface area contributed by atoms with Crippen molar-refractivity contribution in [1.82, 2.24) is 15.5 Å². The van der Waals surface area contributed by atoms with Gasteiger partial charge in [0.05, 0.1) is 19.8 Å². The van der Waals surface area contributed by atoms with E-state index in [1.807, 2.05) is 0 Å². The zero-order valence-electron chi connectivity index (χ0n) is 18.1. The Morgan fingerprint density at radius 1 is 1.31 bits per heavy atom. The van der Waals surface area contributed by atoms with Crippen molar-refractivity contribution in [3.63, 3.8) is 0 Å². The summed E-state index contributed by atoms with van der Waals surface area (Å²) in [6.07, 6.45) is 3.68. The van der Waals surface area contributed by atoms with Crippen LogP contribution in [0.5, 0.6) is 5.75 Å². The van der Waals surface area contributed by atoms with E-state index in [0.29, 0.717) is 19.1 Å². The van der Waals surface area contributed by atoms with Gasteiger partial charge in [-0.2, -0.15) is 0 Å². The third-order valence-electron chi connectivity index (χ3n) is 5.44. The van der Waals surface area contributed by atoms with E-state index in [2.05, 4.69) is 54.6 Å². The van der Waals surface area contributed by atoms with E-state index in [0.717, 1.165) is 49.9 Å². The van der Waals surface area contributed by atoms with Crippen molar-refractivity contribution in [1.29, 1.82) is 0 Å². The molecule has 2 unspecified atom stereocenters. The molecule has 29 heavy (non-hydrogen) atoms. The topological polar surface area (TPSA) is 58.1 Å². The highest BCUT2D eigenvalue weighted by Gasteiger charge is 2.19. The van der Waals surface area contributed by atoms with Crippen molar-refractivity contribution >= 4 is 29.9 Å². The van der Waals surface area contributed by atoms with Gasteiger partial charge >= 0.3 is 0 Å². The molecule has 7 heteroatoms. The van der Waals surface area contributed by atoms with Crippen LogP contribution in [0.2, 0.25) is 0 Å². The minimum atomic E-state index is 0. The van der Waals surface area contributed by atoms with Crippen LogP contribution in [0.25, 0.3) is 0 Å². The van der Waals surface area contributed by atoms with Gasteiger partial charge < -0.3 is 25.0 Å². The number of halogens is 1. The van der Waals surface area contributed by atoms with Gasteiger partial charge in [0.1, 0.15) is 11.9 Å². The number of guanidine groups is 1. The van der Waals surface area contributed by atoms with Gasteiger partial charge in [0.25, 0.3) is 0 Å². The molecule has 2 N–H and O–H groups in total. The number of aliphatic imine (C=N–C) groups is 1. The van der Waals surface area contributed by atoms with Gasteiger partial charge in [-0.05, 0) is 57.8 Å². The first-order chi connectivity index (χ1) is 13.6. The minimum Gasteiger partial charge on any atom is -0.488 e. The lowest BCUT2D eigenvalue weighted by Gasteiger charge is -2.30. The third kappa shape index (κ3) is 7.94. The lowest BCUT2D eigenvalue weighted by atomic mass is 9.99. The Bertz CT molecular complexity index is 650. The molecule has 2 aliphatic rings. The van der Waals surface area contributed by atoms with Crippen molar-refractivity contribution in [3.05, 3.63) is 29.3 Å². The molecule has 2 aliphatic heterocycles. The second-order valence-corrected chi connectivity index (χ2v) is 8.06. The van der Waals surface area contributed by atoms with Crippen LogP contribution in [0.4, 0.5) is 0 Å². The molecule has 0 radical (unpaired) electrons. The highest BCUT2D eigenvalue weighted by atomic mass is 127. The van der Waals surface area contributed by atoms with Gasteiger partial charge in [-0.15, -0.1) is 24.0 Å². The summed E-state index contributed by atoms with van der Waals surface area (Å²) in [5.74, 6) is 2.50. The van der Waals surface area contributed by atoms with Crippen LogP contribution < -0.4 is 15.4 Å². The van der Waals surface area contributed by atoms with Gasteiger partial charge in [-0.25, -0.2) is 4.99 Å². The van der Waals surface area contributed by atoms with E-state index in [1.54, 1.807) is 0 Å². The van der Waals surface area contributed by atoms with E-state index < -0.39 is 0 Å². The van der Waals surface area contributed by atoms with E-state index in [4.69, 9.17) is 14.5 Å². The molecule has 0 spiro atoms. The number of benzene rings is 1. The smallest absolute Gasteiger partial charge is 0.191 e. The molecule has 2 atom stereocenters. The zero-order valence-corrected chi connectivity index (χ0v) is 20.4. The minimum absolute atomic E-state index is 0. The molecule has 2 fully saturated rings. The lowest BCUT2D eigenvalue weighted by molar-refractivity contribution is 0.140. The number of likely N-dealkylation sites (tertiary alicyclic amines) is 1. The fourth-order valence-electron chi connectivity index (χ4n) is 3.87. The van der Waals surface area contributed by atoms with Gasteiger partial charge in [-0.1, -0.05) is 12.1 Å². The SMILES string of the molecule is CCNC(=NCc1ccc(C)cc1OC1CCOC1)NCC1CCCN(C)C1.I. The molecule has 2 saturated heterocycles. The number of rotatable bonds is 7. The summed E-state index contributed by atoms with van der Waals surface area (Å²) < 4.78 is 11.7. The van der Waals surface area contributed by atoms with Gasteiger partial charge in [0.15, 0.2) is 5.96 Å². The molecule has 0 aromatic heterocycles. The first kappa shape index (κ1) is 24.2. The Kier molecular flexibility index (Phi) is 10.5. The van der Waals surface area contributed by atoms with Crippen LogP contribution in [0.1, 0.15) is 37.3 Å². The molecule has 0 bridgehead atoms. The number of aryl methyl sites for hydroxylation is 1. The normalized spacial score (nSPS) is 22.8. The summed E-state index contributed by atoms with van der Waals surface area (Å²) in [5, 5.41) is 6.91. The van der Waals surface area contributed by atoms with E-state index in [1.165, 1.54) is 24.9 Å². The van der Waals surface area contributed by atoms with Crippen LogP contribution >= 0.6 is 24.0 Å². The number of hydrogen-bond acceptors (Lipinski definition) is 4. The molecule has 164 valence electrons. The maximum absolute atomic E-state index is 6.21. The number of nitrogens with zero attached hydrogens (tertiary/aromatic N) is 2. The summed E-state index contributed by atoms with van der Waals surface area (Å²) in [5.41, 5.74) is 2.32. The Balaban J connectivity index is 0.00000300. The van der Waals surface area contributed by atoms with Crippen molar-refractivity contribution in [2.75, 3.05) is 46.4 Å². The van der Waals surface area contributed by atoms with Crippen LogP contribution in [0.3, 0.4) is 0 Å². The predicted octanol–water partition coefficient (Wildman–Crippen LogP) is 3.18. The van der Waals surface area contributed by atoms with E-state index in [9.17, 15) is 0 Å². The average molecular weight is 516 g/mol. The second-order valence-electron chi connectivity index (χ2n) is 8.06. The Hall–Kier alpha value is -1.06. The van der Waals surface area contributed by atoms with Crippen molar-refractivity contribution in [2.45, 2.75) is 45.8 Å². The van der Waals surface area contributed by atoms with Crippen molar-refractivity contribution in [2.24, 2.45) is 10.9 Å². The van der Waals surface area contributed by atoms with Crippen molar-refractivity contribution < 1.29 is 9.47 Å². The molecule has 2 heterocycles. The van der Waals surface area contributed by atoms with Crippen LogP contribution in [0, 0.1) is 12.8 Å². The largest absolute Gasteiger partial charge is 0.488 e. The molecule has 0 saturated carbocycles. The standard InChI is InChI=1S/C22H36N4O2.HI/c1-4-23-22(24-13-18-6-5-10-26(3)15-18)25-14-19-8-7-17(2)12-21(19)28-20-9-11-27-16-20;/h7-8,12,18,20H,4-6,9-11,13-16H2,1-3H3,(H2,23,24,25);1H. The Labute approximate surface area is 192 Å². The average Bonchev–Trinajstić information content (AvgIpc) is 3.18. The highest BCUT2D eigenvalue weighted by Crippen LogP contribution is 2.24. The summed E-state index contributed by atoms with van der Waals surface area (Å²) in [6, 6.07) is 6.37. The maximum atomic E-state index is 6.21. The fourth-order valence-corrected chi connectivity index (χ4v) is 3.87. The fraction of sp³-hybridized carbons (Fsp3) is 0.682. The van der Waals surface area contributed by atoms with Gasteiger partial charge in [-0.3, -0.25) is 0 Å².